The molecule has 2 aromatic heterocycles. The number of Topliss-reactive ketones (excluding diaryl/α,β-unsaturated/α-hetero) is 2. The van der Waals surface area contributed by atoms with E-state index in [1.165, 1.54) is 22.7 Å². The normalized spacial score (nSPS) is 25.4. The third-order valence-electron chi connectivity index (χ3n) is 7.62. The SMILES string of the molecule is O=C(c1cccs1)[C@@H]1[C@H](C(=O)c2cccs2)[C@@]2(C(=O)Nc3ccccc32)[C@@H]2C=Cc3ccccc3N12. The molecule has 3 aliphatic heterocycles. The summed E-state index contributed by atoms with van der Waals surface area (Å²) >= 11 is 2.71. The van der Waals surface area contributed by atoms with Crippen molar-refractivity contribution in [2.75, 3.05) is 10.2 Å². The Morgan fingerprint density at radius 1 is 0.833 bits per heavy atom. The molecule has 7 rings (SSSR count). The van der Waals surface area contributed by atoms with Gasteiger partial charge in [-0.05, 0) is 46.2 Å². The zero-order valence-corrected chi connectivity index (χ0v) is 20.6. The summed E-state index contributed by atoms with van der Waals surface area (Å²) in [6, 6.07) is 21.4. The number of amides is 1. The molecule has 36 heavy (non-hydrogen) atoms. The minimum Gasteiger partial charge on any atom is -0.352 e. The van der Waals surface area contributed by atoms with Crippen LogP contribution in [-0.2, 0) is 10.2 Å². The summed E-state index contributed by atoms with van der Waals surface area (Å²) in [7, 11) is 0. The minimum atomic E-state index is -1.25. The van der Waals surface area contributed by atoms with Crippen LogP contribution in [0.25, 0.3) is 6.08 Å². The van der Waals surface area contributed by atoms with Gasteiger partial charge in [0.1, 0.15) is 11.5 Å². The van der Waals surface area contributed by atoms with Gasteiger partial charge in [0.05, 0.1) is 21.7 Å². The second-order valence-corrected chi connectivity index (χ2v) is 11.1. The van der Waals surface area contributed by atoms with E-state index in [1.807, 2.05) is 88.5 Å². The number of carbonyl (C=O) groups is 3. The summed E-state index contributed by atoms with van der Waals surface area (Å²) in [5, 5.41) is 6.78. The third-order valence-corrected chi connectivity index (χ3v) is 9.39. The number of rotatable bonds is 4. The smallest absolute Gasteiger partial charge is 0.238 e. The minimum absolute atomic E-state index is 0.135. The number of hydrogen-bond donors (Lipinski definition) is 1. The van der Waals surface area contributed by atoms with Gasteiger partial charge in [-0.1, -0.05) is 60.7 Å². The maximum absolute atomic E-state index is 14.4. The summed E-state index contributed by atoms with van der Waals surface area (Å²) in [4.78, 5) is 46.0. The van der Waals surface area contributed by atoms with Crippen LogP contribution in [0.15, 0.2) is 89.6 Å². The van der Waals surface area contributed by atoms with Crippen LogP contribution in [0.2, 0.25) is 0 Å². The van der Waals surface area contributed by atoms with Crippen LogP contribution < -0.4 is 10.2 Å². The molecule has 2 aromatic carbocycles. The summed E-state index contributed by atoms with van der Waals surface area (Å²) in [5.74, 6) is -1.45. The number of ketones is 2. The maximum Gasteiger partial charge on any atom is 0.238 e. The molecule has 176 valence electrons. The van der Waals surface area contributed by atoms with Crippen LogP contribution in [-0.4, -0.2) is 29.6 Å². The van der Waals surface area contributed by atoms with Gasteiger partial charge in [0, 0.05) is 11.4 Å². The average Bonchev–Trinajstić information content (AvgIpc) is 3.70. The lowest BCUT2D eigenvalue weighted by Crippen LogP contribution is -2.51. The van der Waals surface area contributed by atoms with Crippen LogP contribution >= 0.6 is 22.7 Å². The first-order valence-electron chi connectivity index (χ1n) is 11.7. The van der Waals surface area contributed by atoms with E-state index in [2.05, 4.69) is 5.32 Å². The number of nitrogens with zero attached hydrogens (tertiary/aromatic N) is 1. The number of hydrogen-bond acceptors (Lipinski definition) is 6. The number of carbonyl (C=O) groups excluding carboxylic acids is 3. The van der Waals surface area contributed by atoms with Crippen molar-refractivity contribution in [1.29, 1.82) is 0 Å². The van der Waals surface area contributed by atoms with Gasteiger partial charge in [0.2, 0.25) is 5.91 Å². The first kappa shape index (κ1) is 21.5. The molecule has 0 bridgehead atoms. The molecule has 1 fully saturated rings. The van der Waals surface area contributed by atoms with Crippen molar-refractivity contribution >= 4 is 57.6 Å². The number of para-hydroxylation sites is 2. The first-order chi connectivity index (χ1) is 17.6. The Morgan fingerprint density at radius 3 is 2.28 bits per heavy atom. The van der Waals surface area contributed by atoms with E-state index in [4.69, 9.17) is 0 Å². The van der Waals surface area contributed by atoms with Gasteiger partial charge in [0.25, 0.3) is 0 Å². The molecule has 0 saturated carbocycles. The van der Waals surface area contributed by atoms with Gasteiger partial charge < -0.3 is 10.2 Å². The number of nitrogens with one attached hydrogen (secondary N) is 1. The highest BCUT2D eigenvalue weighted by Gasteiger charge is 2.70. The molecule has 7 heteroatoms. The Labute approximate surface area is 215 Å². The number of fused-ring (bicyclic) bond motifs is 6. The summed E-state index contributed by atoms with van der Waals surface area (Å²) in [6.45, 7) is 0. The van der Waals surface area contributed by atoms with Crippen molar-refractivity contribution in [3.63, 3.8) is 0 Å². The van der Waals surface area contributed by atoms with E-state index in [0.29, 0.717) is 15.4 Å². The van der Waals surface area contributed by atoms with Crippen LogP contribution in [0.5, 0.6) is 0 Å². The molecule has 1 N–H and O–H groups in total. The Bertz CT molecular complexity index is 1560. The average molecular weight is 509 g/mol. The predicted molar refractivity (Wildman–Crippen MR) is 143 cm³/mol. The van der Waals surface area contributed by atoms with Gasteiger partial charge in [-0.25, -0.2) is 0 Å². The summed E-state index contributed by atoms with van der Waals surface area (Å²) < 4.78 is 0. The highest BCUT2D eigenvalue weighted by atomic mass is 32.1. The van der Waals surface area contributed by atoms with Crippen molar-refractivity contribution in [1.82, 2.24) is 0 Å². The van der Waals surface area contributed by atoms with Crippen LogP contribution in [0.3, 0.4) is 0 Å². The molecule has 0 radical (unpaired) electrons. The van der Waals surface area contributed by atoms with E-state index in [1.54, 1.807) is 12.1 Å². The van der Waals surface area contributed by atoms with Crippen molar-refractivity contribution in [3.05, 3.63) is 111 Å². The lowest BCUT2D eigenvalue weighted by atomic mass is 9.65. The first-order valence-corrected chi connectivity index (χ1v) is 13.5. The van der Waals surface area contributed by atoms with Gasteiger partial charge >= 0.3 is 0 Å². The molecular formula is C29H20N2O3S2. The molecule has 1 spiro atoms. The zero-order chi connectivity index (χ0) is 24.4. The maximum atomic E-state index is 14.4. The molecule has 4 aromatic rings. The topological polar surface area (TPSA) is 66.5 Å². The second-order valence-electron chi connectivity index (χ2n) is 9.24. The van der Waals surface area contributed by atoms with E-state index < -0.39 is 23.4 Å². The van der Waals surface area contributed by atoms with Gasteiger partial charge in [0.15, 0.2) is 11.6 Å². The fourth-order valence-corrected chi connectivity index (χ4v) is 7.66. The van der Waals surface area contributed by atoms with Crippen molar-refractivity contribution in [3.8, 4) is 0 Å². The lowest BCUT2D eigenvalue weighted by Gasteiger charge is -2.37. The van der Waals surface area contributed by atoms with Crippen molar-refractivity contribution in [2.45, 2.75) is 17.5 Å². The molecule has 5 nitrogen and oxygen atoms in total. The van der Waals surface area contributed by atoms with E-state index in [9.17, 15) is 14.4 Å². The molecule has 0 aliphatic carbocycles. The van der Waals surface area contributed by atoms with Crippen LogP contribution in [0.4, 0.5) is 11.4 Å². The highest BCUT2D eigenvalue weighted by molar-refractivity contribution is 7.12. The van der Waals surface area contributed by atoms with Gasteiger partial charge in [-0.3, -0.25) is 14.4 Å². The Balaban J connectivity index is 1.55. The third kappa shape index (κ3) is 2.72. The predicted octanol–water partition coefficient (Wildman–Crippen LogP) is 5.67. The van der Waals surface area contributed by atoms with E-state index in [0.717, 1.165) is 16.8 Å². The quantitative estimate of drug-likeness (QED) is 0.361. The van der Waals surface area contributed by atoms with Gasteiger partial charge in [-0.15, -0.1) is 22.7 Å². The fraction of sp³-hybridized carbons (Fsp3) is 0.138. The van der Waals surface area contributed by atoms with Crippen molar-refractivity contribution < 1.29 is 14.4 Å². The number of thiophene rings is 2. The zero-order valence-electron chi connectivity index (χ0n) is 19.0. The van der Waals surface area contributed by atoms with E-state index in [-0.39, 0.29) is 17.5 Å². The van der Waals surface area contributed by atoms with E-state index >= 15 is 0 Å². The summed E-state index contributed by atoms with van der Waals surface area (Å²) in [5.41, 5.74) is 2.04. The molecule has 3 aliphatic rings. The molecular weight excluding hydrogens is 488 g/mol. The number of benzene rings is 2. The molecule has 5 heterocycles. The Kier molecular flexibility index (Phi) is 4.68. The largest absolute Gasteiger partial charge is 0.352 e. The molecule has 1 amide bonds. The lowest BCUT2D eigenvalue weighted by molar-refractivity contribution is -0.121. The highest BCUT2D eigenvalue weighted by Crippen LogP contribution is 2.58. The second kappa shape index (κ2) is 7.85. The molecule has 4 atom stereocenters. The standard InChI is InChI=1S/C29H20N2O3S2/c32-26(21-11-5-15-35-21)24-25(27(33)22-12-6-16-36-22)31-20-10-4-1-7-17(20)13-14-23(31)29(24)18-8-2-3-9-19(18)30-28(29)34/h1-16,23-25H,(H,30,34)/t23-,24+,25-,29-/m0/s1. The number of anilines is 2. The Hall–Kier alpha value is -3.81. The molecule has 0 unspecified atom stereocenters. The van der Waals surface area contributed by atoms with Crippen LogP contribution in [0.1, 0.15) is 30.5 Å². The van der Waals surface area contributed by atoms with Crippen molar-refractivity contribution in [2.24, 2.45) is 5.92 Å². The van der Waals surface area contributed by atoms with Crippen LogP contribution in [0, 0.1) is 5.92 Å². The van der Waals surface area contributed by atoms with Gasteiger partial charge in [-0.2, -0.15) is 0 Å². The summed E-state index contributed by atoms with van der Waals surface area (Å²) in [6.07, 6.45) is 4.01. The Morgan fingerprint density at radius 2 is 1.53 bits per heavy atom. The monoisotopic (exact) mass is 508 g/mol. The fourth-order valence-electron chi connectivity index (χ4n) is 6.26. The molecule has 1 saturated heterocycles.